The molecule has 0 aliphatic rings. The second kappa shape index (κ2) is 7.51. The summed E-state index contributed by atoms with van der Waals surface area (Å²) in [4.78, 5) is 0. The molecule has 0 aromatic heterocycles. The topological polar surface area (TPSA) is 55.5 Å². The first-order valence-corrected chi connectivity index (χ1v) is 4.87. The number of nitrogens with two attached hydrogens (primary N) is 1. The van der Waals surface area contributed by atoms with Crippen LogP contribution < -0.4 is 10.5 Å². The van der Waals surface area contributed by atoms with Crippen LogP contribution in [-0.4, -0.2) is 18.3 Å². The van der Waals surface area contributed by atoms with Crippen LogP contribution in [-0.2, 0) is 0 Å². The molecule has 1 rings (SSSR count). The highest BCUT2D eigenvalue weighted by molar-refractivity contribution is 5.85. The summed E-state index contributed by atoms with van der Waals surface area (Å²) in [7, 11) is 0. The van der Waals surface area contributed by atoms with Crippen molar-refractivity contribution in [3.8, 4) is 5.75 Å². The molecule has 15 heavy (non-hydrogen) atoms. The molecule has 86 valence electrons. The lowest BCUT2D eigenvalue weighted by Crippen LogP contribution is -2.13. The highest BCUT2D eigenvalue weighted by atomic mass is 35.5. The number of aliphatic hydroxyl groups is 1. The van der Waals surface area contributed by atoms with Crippen molar-refractivity contribution >= 4 is 12.4 Å². The van der Waals surface area contributed by atoms with Gasteiger partial charge < -0.3 is 15.6 Å². The Kier molecular flexibility index (Phi) is 7.13. The van der Waals surface area contributed by atoms with Crippen LogP contribution in [0.4, 0.5) is 0 Å². The Balaban J connectivity index is 0.00000196. The van der Waals surface area contributed by atoms with Gasteiger partial charge in [0.1, 0.15) is 5.75 Å². The van der Waals surface area contributed by atoms with Gasteiger partial charge in [-0.25, -0.2) is 0 Å². The second-order valence-electron chi connectivity index (χ2n) is 3.09. The van der Waals surface area contributed by atoms with E-state index in [4.69, 9.17) is 15.6 Å². The molecule has 0 unspecified atom stereocenters. The highest BCUT2D eigenvalue weighted by Crippen LogP contribution is 2.25. The Morgan fingerprint density at radius 3 is 2.67 bits per heavy atom. The summed E-state index contributed by atoms with van der Waals surface area (Å²) in [6, 6.07) is 7.53. The van der Waals surface area contributed by atoms with Crippen LogP contribution in [0.25, 0.3) is 0 Å². The van der Waals surface area contributed by atoms with Crippen molar-refractivity contribution in [2.24, 2.45) is 5.73 Å². The van der Waals surface area contributed by atoms with Gasteiger partial charge in [0.2, 0.25) is 0 Å². The molecule has 1 aromatic carbocycles. The van der Waals surface area contributed by atoms with Gasteiger partial charge in [-0.05, 0) is 19.4 Å². The van der Waals surface area contributed by atoms with Crippen molar-refractivity contribution in [1.82, 2.24) is 0 Å². The fourth-order valence-electron chi connectivity index (χ4n) is 1.37. The maximum atomic E-state index is 8.80. The third-order valence-electron chi connectivity index (χ3n) is 2.06. The van der Waals surface area contributed by atoms with Gasteiger partial charge in [-0.1, -0.05) is 18.2 Å². The predicted molar refractivity (Wildman–Crippen MR) is 63.5 cm³/mol. The fraction of sp³-hybridized carbons (Fsp3) is 0.455. The molecule has 1 aromatic rings. The molecule has 0 saturated heterocycles. The summed E-state index contributed by atoms with van der Waals surface area (Å²) in [5.41, 5.74) is 6.86. The lowest BCUT2D eigenvalue weighted by atomic mass is 10.0. The van der Waals surface area contributed by atoms with Crippen LogP contribution in [0.3, 0.4) is 0 Å². The standard InChI is InChI=1S/C11H17NO2.ClH/c1-2-14-11-6-4-3-5-9(11)10(12)7-8-13;/h3-6,10,13H,2,7-8,12H2,1H3;1H/t10-;/m0./s1. The number of aliphatic hydroxyl groups excluding tert-OH is 1. The summed E-state index contributed by atoms with van der Waals surface area (Å²) in [6.07, 6.45) is 0.560. The Hall–Kier alpha value is -0.770. The molecule has 0 aliphatic heterocycles. The van der Waals surface area contributed by atoms with E-state index in [9.17, 15) is 0 Å². The third-order valence-corrected chi connectivity index (χ3v) is 2.06. The lowest BCUT2D eigenvalue weighted by Gasteiger charge is -2.15. The van der Waals surface area contributed by atoms with Crippen molar-refractivity contribution in [1.29, 1.82) is 0 Å². The highest BCUT2D eigenvalue weighted by Gasteiger charge is 2.10. The van der Waals surface area contributed by atoms with Crippen molar-refractivity contribution in [3.63, 3.8) is 0 Å². The van der Waals surface area contributed by atoms with E-state index in [1.807, 2.05) is 31.2 Å². The summed E-state index contributed by atoms with van der Waals surface area (Å²) in [5, 5.41) is 8.80. The van der Waals surface area contributed by atoms with Gasteiger partial charge in [0.25, 0.3) is 0 Å². The van der Waals surface area contributed by atoms with Crippen LogP contribution in [0.2, 0.25) is 0 Å². The normalized spacial score (nSPS) is 11.7. The minimum atomic E-state index is -0.150. The zero-order chi connectivity index (χ0) is 10.4. The minimum absolute atomic E-state index is 0. The number of benzene rings is 1. The maximum Gasteiger partial charge on any atom is 0.124 e. The summed E-state index contributed by atoms with van der Waals surface area (Å²) >= 11 is 0. The van der Waals surface area contributed by atoms with Crippen LogP contribution in [0, 0.1) is 0 Å². The van der Waals surface area contributed by atoms with Gasteiger partial charge in [-0.2, -0.15) is 0 Å². The van der Waals surface area contributed by atoms with Gasteiger partial charge >= 0.3 is 0 Å². The molecule has 1 atom stereocenters. The quantitative estimate of drug-likeness (QED) is 0.814. The molecule has 0 radical (unpaired) electrons. The van der Waals surface area contributed by atoms with Crippen LogP contribution in [0.5, 0.6) is 5.75 Å². The van der Waals surface area contributed by atoms with E-state index >= 15 is 0 Å². The van der Waals surface area contributed by atoms with Crippen LogP contribution >= 0.6 is 12.4 Å². The lowest BCUT2D eigenvalue weighted by molar-refractivity contribution is 0.273. The number of para-hydroxylation sites is 1. The number of rotatable bonds is 5. The van der Waals surface area contributed by atoms with Crippen molar-refractivity contribution in [2.45, 2.75) is 19.4 Å². The molecule has 0 bridgehead atoms. The summed E-state index contributed by atoms with van der Waals surface area (Å²) in [6.45, 7) is 2.67. The first-order chi connectivity index (χ1) is 6.79. The number of hydrogen-bond acceptors (Lipinski definition) is 3. The largest absolute Gasteiger partial charge is 0.494 e. The first-order valence-electron chi connectivity index (χ1n) is 4.87. The van der Waals surface area contributed by atoms with E-state index in [2.05, 4.69) is 0 Å². The first kappa shape index (κ1) is 14.2. The van der Waals surface area contributed by atoms with Crippen molar-refractivity contribution in [2.75, 3.05) is 13.2 Å². The van der Waals surface area contributed by atoms with E-state index in [0.29, 0.717) is 13.0 Å². The summed E-state index contributed by atoms with van der Waals surface area (Å²) < 4.78 is 5.44. The molecule has 0 spiro atoms. The second-order valence-corrected chi connectivity index (χ2v) is 3.09. The zero-order valence-corrected chi connectivity index (χ0v) is 9.67. The zero-order valence-electron chi connectivity index (χ0n) is 8.85. The van der Waals surface area contributed by atoms with Gasteiger partial charge in [0, 0.05) is 18.2 Å². The monoisotopic (exact) mass is 231 g/mol. The number of ether oxygens (including phenoxy) is 1. The molecular formula is C11H18ClNO2. The SMILES string of the molecule is CCOc1ccccc1[C@@H](N)CCO.Cl. The van der Waals surface area contributed by atoms with E-state index in [1.165, 1.54) is 0 Å². The molecule has 0 fully saturated rings. The Morgan fingerprint density at radius 1 is 1.40 bits per heavy atom. The average Bonchev–Trinajstić information content (AvgIpc) is 2.19. The van der Waals surface area contributed by atoms with E-state index in [1.54, 1.807) is 0 Å². The Labute approximate surface area is 96.7 Å². The fourth-order valence-corrected chi connectivity index (χ4v) is 1.37. The summed E-state index contributed by atoms with van der Waals surface area (Å²) in [5.74, 6) is 0.816. The van der Waals surface area contributed by atoms with Crippen molar-refractivity contribution in [3.05, 3.63) is 29.8 Å². The molecule has 0 heterocycles. The molecule has 3 N–H and O–H groups in total. The molecule has 0 saturated carbocycles. The average molecular weight is 232 g/mol. The van der Waals surface area contributed by atoms with Gasteiger partial charge in [0.15, 0.2) is 0 Å². The Morgan fingerprint density at radius 2 is 2.07 bits per heavy atom. The molecule has 0 amide bonds. The molecule has 3 nitrogen and oxygen atoms in total. The molecule has 0 aliphatic carbocycles. The minimum Gasteiger partial charge on any atom is -0.494 e. The predicted octanol–water partition coefficient (Wildman–Crippen LogP) is 1.89. The molecule has 4 heteroatoms. The Bertz CT molecular complexity index is 281. The third kappa shape index (κ3) is 4.08. The number of halogens is 1. The van der Waals surface area contributed by atoms with E-state index in [0.717, 1.165) is 11.3 Å². The molecular weight excluding hydrogens is 214 g/mol. The van der Waals surface area contributed by atoms with E-state index < -0.39 is 0 Å². The van der Waals surface area contributed by atoms with Gasteiger partial charge in [-0.15, -0.1) is 12.4 Å². The van der Waals surface area contributed by atoms with Crippen LogP contribution in [0.15, 0.2) is 24.3 Å². The smallest absolute Gasteiger partial charge is 0.124 e. The van der Waals surface area contributed by atoms with Crippen LogP contribution in [0.1, 0.15) is 24.9 Å². The van der Waals surface area contributed by atoms with Crippen molar-refractivity contribution < 1.29 is 9.84 Å². The number of hydrogen-bond donors (Lipinski definition) is 2. The maximum absolute atomic E-state index is 8.80. The van der Waals surface area contributed by atoms with Gasteiger partial charge in [-0.3, -0.25) is 0 Å². The van der Waals surface area contributed by atoms with Gasteiger partial charge in [0.05, 0.1) is 6.61 Å². The van der Waals surface area contributed by atoms with E-state index in [-0.39, 0.29) is 25.1 Å².